The molecule has 0 spiro atoms. The molecule has 0 aliphatic carbocycles. The van der Waals surface area contributed by atoms with E-state index >= 15 is 0 Å². The van der Waals surface area contributed by atoms with E-state index in [2.05, 4.69) is 63.3 Å². The van der Waals surface area contributed by atoms with E-state index in [1.807, 2.05) is 0 Å². The Morgan fingerprint density at radius 1 is 1.10 bits per heavy atom. The number of hydrogen-bond acceptors (Lipinski definition) is 2. The van der Waals surface area contributed by atoms with E-state index in [0.29, 0.717) is 0 Å². The van der Waals surface area contributed by atoms with Gasteiger partial charge < -0.3 is 9.73 Å². The SMILES string of the molecule is CCCNC(Cc1cc(C)ccc1C)c1ccc(CC)o1. The Kier molecular flexibility index (Phi) is 5.63. The summed E-state index contributed by atoms with van der Waals surface area (Å²) in [6, 6.07) is 11.2. The first kappa shape index (κ1) is 15.8. The van der Waals surface area contributed by atoms with E-state index in [1.165, 1.54) is 16.7 Å². The average Bonchev–Trinajstić information content (AvgIpc) is 2.95. The zero-order valence-electron chi connectivity index (χ0n) is 13.7. The second kappa shape index (κ2) is 7.46. The van der Waals surface area contributed by atoms with Crippen molar-refractivity contribution in [2.75, 3.05) is 6.54 Å². The van der Waals surface area contributed by atoms with Gasteiger partial charge in [0.2, 0.25) is 0 Å². The molecule has 2 nitrogen and oxygen atoms in total. The molecule has 2 rings (SSSR count). The molecule has 1 aromatic carbocycles. The van der Waals surface area contributed by atoms with Gasteiger partial charge in [-0.05, 0) is 56.5 Å². The maximum Gasteiger partial charge on any atom is 0.121 e. The van der Waals surface area contributed by atoms with Crippen LogP contribution < -0.4 is 5.32 Å². The maximum atomic E-state index is 5.97. The number of nitrogens with one attached hydrogen (secondary N) is 1. The zero-order chi connectivity index (χ0) is 15.2. The third kappa shape index (κ3) is 4.21. The van der Waals surface area contributed by atoms with Gasteiger partial charge >= 0.3 is 0 Å². The first-order chi connectivity index (χ1) is 10.1. The van der Waals surface area contributed by atoms with E-state index in [-0.39, 0.29) is 6.04 Å². The summed E-state index contributed by atoms with van der Waals surface area (Å²) >= 11 is 0. The highest BCUT2D eigenvalue weighted by Gasteiger charge is 2.16. The lowest BCUT2D eigenvalue weighted by Crippen LogP contribution is -2.24. The molecule has 2 heteroatoms. The van der Waals surface area contributed by atoms with Crippen LogP contribution in [0.15, 0.2) is 34.7 Å². The maximum absolute atomic E-state index is 5.97. The van der Waals surface area contributed by atoms with Crippen LogP contribution in [0, 0.1) is 13.8 Å². The Balaban J connectivity index is 2.21. The highest BCUT2D eigenvalue weighted by Crippen LogP contribution is 2.23. The van der Waals surface area contributed by atoms with Crippen LogP contribution in [-0.4, -0.2) is 6.54 Å². The van der Waals surface area contributed by atoms with E-state index < -0.39 is 0 Å². The van der Waals surface area contributed by atoms with Crippen molar-refractivity contribution in [3.8, 4) is 0 Å². The van der Waals surface area contributed by atoms with Crippen molar-refractivity contribution in [1.82, 2.24) is 5.32 Å². The summed E-state index contributed by atoms with van der Waals surface area (Å²) in [7, 11) is 0. The van der Waals surface area contributed by atoms with Gasteiger partial charge in [-0.15, -0.1) is 0 Å². The summed E-state index contributed by atoms with van der Waals surface area (Å²) in [4.78, 5) is 0. The Morgan fingerprint density at radius 3 is 2.57 bits per heavy atom. The van der Waals surface area contributed by atoms with Crippen molar-refractivity contribution in [1.29, 1.82) is 0 Å². The molecule has 1 heterocycles. The molecule has 1 N–H and O–H groups in total. The molecule has 2 aromatic rings. The van der Waals surface area contributed by atoms with E-state index in [4.69, 9.17) is 4.42 Å². The van der Waals surface area contributed by atoms with Crippen molar-refractivity contribution in [3.05, 3.63) is 58.5 Å². The second-order valence-electron chi connectivity index (χ2n) is 5.80. The predicted molar refractivity (Wildman–Crippen MR) is 88.7 cm³/mol. The molecule has 0 aliphatic heterocycles. The topological polar surface area (TPSA) is 25.2 Å². The molecule has 0 bridgehead atoms. The minimum Gasteiger partial charge on any atom is -0.464 e. The minimum absolute atomic E-state index is 0.255. The smallest absolute Gasteiger partial charge is 0.121 e. The molecule has 0 fully saturated rings. The lowest BCUT2D eigenvalue weighted by atomic mass is 9.97. The van der Waals surface area contributed by atoms with Crippen molar-refractivity contribution in [2.24, 2.45) is 0 Å². The van der Waals surface area contributed by atoms with E-state index in [1.54, 1.807) is 0 Å². The van der Waals surface area contributed by atoms with Crippen LogP contribution in [0.1, 0.15) is 54.5 Å². The van der Waals surface area contributed by atoms with Crippen LogP contribution in [0.25, 0.3) is 0 Å². The first-order valence-electron chi connectivity index (χ1n) is 8.02. The monoisotopic (exact) mass is 285 g/mol. The van der Waals surface area contributed by atoms with Gasteiger partial charge in [0.05, 0.1) is 6.04 Å². The molecule has 0 radical (unpaired) electrons. The Hall–Kier alpha value is -1.54. The summed E-state index contributed by atoms with van der Waals surface area (Å²) in [5, 5.41) is 3.62. The lowest BCUT2D eigenvalue weighted by Gasteiger charge is -2.18. The summed E-state index contributed by atoms with van der Waals surface area (Å²) < 4.78 is 5.97. The van der Waals surface area contributed by atoms with E-state index in [0.717, 1.165) is 37.3 Å². The van der Waals surface area contributed by atoms with Crippen molar-refractivity contribution >= 4 is 0 Å². The first-order valence-corrected chi connectivity index (χ1v) is 8.02. The lowest BCUT2D eigenvalue weighted by molar-refractivity contribution is 0.392. The van der Waals surface area contributed by atoms with Crippen molar-refractivity contribution in [2.45, 2.75) is 53.0 Å². The highest BCUT2D eigenvalue weighted by molar-refractivity contribution is 5.32. The van der Waals surface area contributed by atoms with Gasteiger partial charge in [0, 0.05) is 6.42 Å². The van der Waals surface area contributed by atoms with Crippen LogP contribution in [0.3, 0.4) is 0 Å². The van der Waals surface area contributed by atoms with Gasteiger partial charge in [-0.25, -0.2) is 0 Å². The Bertz CT molecular complexity index is 571. The van der Waals surface area contributed by atoms with Crippen molar-refractivity contribution < 1.29 is 4.42 Å². The third-order valence-corrected chi connectivity index (χ3v) is 3.94. The summed E-state index contributed by atoms with van der Waals surface area (Å²) in [6.45, 7) is 9.67. The van der Waals surface area contributed by atoms with E-state index in [9.17, 15) is 0 Å². The van der Waals surface area contributed by atoms with Crippen LogP contribution in [0.5, 0.6) is 0 Å². The molecule has 0 saturated carbocycles. The van der Waals surface area contributed by atoms with Crippen LogP contribution in [0.4, 0.5) is 0 Å². The van der Waals surface area contributed by atoms with Gasteiger partial charge in [-0.3, -0.25) is 0 Å². The van der Waals surface area contributed by atoms with Gasteiger partial charge in [-0.1, -0.05) is 37.6 Å². The second-order valence-corrected chi connectivity index (χ2v) is 5.80. The largest absolute Gasteiger partial charge is 0.464 e. The van der Waals surface area contributed by atoms with Crippen LogP contribution in [-0.2, 0) is 12.8 Å². The number of furan rings is 1. The van der Waals surface area contributed by atoms with Gasteiger partial charge in [0.25, 0.3) is 0 Å². The summed E-state index contributed by atoms with van der Waals surface area (Å²) in [6.07, 6.45) is 3.05. The molecule has 21 heavy (non-hydrogen) atoms. The quantitative estimate of drug-likeness (QED) is 0.794. The predicted octanol–water partition coefficient (Wildman–Crippen LogP) is 4.74. The van der Waals surface area contributed by atoms with Crippen LogP contribution in [0.2, 0.25) is 0 Å². The molecular weight excluding hydrogens is 258 g/mol. The molecular formula is C19H27NO. The molecule has 0 aliphatic rings. The van der Waals surface area contributed by atoms with Crippen LogP contribution >= 0.6 is 0 Å². The number of hydrogen-bond donors (Lipinski definition) is 1. The molecule has 1 atom stereocenters. The Labute approximate surface area is 128 Å². The summed E-state index contributed by atoms with van der Waals surface area (Å²) in [5.74, 6) is 2.12. The standard InChI is InChI=1S/C19H27NO/c1-5-11-20-18(19-10-9-17(6-2)21-19)13-16-12-14(3)7-8-15(16)4/h7-10,12,18,20H,5-6,11,13H2,1-4H3. The highest BCUT2D eigenvalue weighted by atomic mass is 16.3. The normalized spacial score (nSPS) is 12.6. The number of rotatable bonds is 7. The molecule has 1 aromatic heterocycles. The van der Waals surface area contributed by atoms with Gasteiger partial charge in [0.15, 0.2) is 0 Å². The number of aryl methyl sites for hydroxylation is 3. The molecule has 1 unspecified atom stereocenters. The fourth-order valence-electron chi connectivity index (χ4n) is 2.60. The van der Waals surface area contributed by atoms with Crippen molar-refractivity contribution in [3.63, 3.8) is 0 Å². The fourth-order valence-corrected chi connectivity index (χ4v) is 2.60. The minimum atomic E-state index is 0.255. The van der Waals surface area contributed by atoms with Gasteiger partial charge in [0.1, 0.15) is 11.5 Å². The molecule has 114 valence electrons. The summed E-state index contributed by atoms with van der Waals surface area (Å²) in [5.41, 5.74) is 4.07. The zero-order valence-corrected chi connectivity index (χ0v) is 13.7. The number of benzene rings is 1. The third-order valence-electron chi connectivity index (χ3n) is 3.94. The molecule has 0 amide bonds. The fraction of sp³-hybridized carbons (Fsp3) is 0.474. The average molecular weight is 285 g/mol. The Morgan fingerprint density at radius 2 is 1.90 bits per heavy atom. The van der Waals surface area contributed by atoms with Gasteiger partial charge in [-0.2, -0.15) is 0 Å². The molecule has 0 saturated heterocycles.